The lowest BCUT2D eigenvalue weighted by atomic mass is 9.81. The summed E-state index contributed by atoms with van der Waals surface area (Å²) in [6.45, 7) is 3.61. The summed E-state index contributed by atoms with van der Waals surface area (Å²) in [5.74, 6) is 1.63. The van der Waals surface area contributed by atoms with Crippen molar-refractivity contribution in [2.75, 3.05) is 6.54 Å². The van der Waals surface area contributed by atoms with Crippen LogP contribution in [0.5, 0.6) is 0 Å². The summed E-state index contributed by atoms with van der Waals surface area (Å²) in [6, 6.07) is 9.69. The number of piperidine rings is 1. The molecule has 1 aliphatic carbocycles. The van der Waals surface area contributed by atoms with E-state index in [0.717, 1.165) is 17.9 Å². The predicted molar refractivity (Wildman–Crippen MR) is 58.5 cm³/mol. The van der Waals surface area contributed by atoms with Gasteiger partial charge in [-0.3, -0.25) is 0 Å². The van der Waals surface area contributed by atoms with E-state index in [1.807, 2.05) is 0 Å². The molecule has 3 atom stereocenters. The van der Waals surface area contributed by atoms with Crippen molar-refractivity contribution < 1.29 is 0 Å². The second kappa shape index (κ2) is 3.09. The van der Waals surface area contributed by atoms with E-state index < -0.39 is 0 Å². The Hall–Kier alpha value is -0.820. The van der Waals surface area contributed by atoms with E-state index in [1.165, 1.54) is 19.4 Å². The first-order valence-electron chi connectivity index (χ1n) is 5.67. The third-order valence-electron chi connectivity index (χ3n) is 3.91. The Kier molecular flexibility index (Phi) is 1.88. The van der Waals surface area contributed by atoms with Crippen molar-refractivity contribution in [3.8, 4) is 0 Å². The quantitative estimate of drug-likeness (QED) is 0.657. The molecule has 0 amide bonds. The summed E-state index contributed by atoms with van der Waals surface area (Å²) in [5, 5.41) is 3.66. The van der Waals surface area contributed by atoms with Gasteiger partial charge in [0.1, 0.15) is 0 Å². The molecule has 1 nitrogen and oxygen atoms in total. The van der Waals surface area contributed by atoms with Gasteiger partial charge in [0.05, 0.1) is 0 Å². The number of benzene rings is 1. The molecule has 1 heteroatoms. The van der Waals surface area contributed by atoms with Crippen LogP contribution in [0.1, 0.15) is 30.4 Å². The van der Waals surface area contributed by atoms with Crippen LogP contribution in [0.25, 0.3) is 0 Å². The fraction of sp³-hybridized carbons (Fsp3) is 0.538. The van der Waals surface area contributed by atoms with Crippen molar-refractivity contribution in [3.05, 3.63) is 35.4 Å². The average molecular weight is 187 g/mol. The molecule has 0 bridgehead atoms. The van der Waals surface area contributed by atoms with Crippen LogP contribution < -0.4 is 5.32 Å². The van der Waals surface area contributed by atoms with Gasteiger partial charge >= 0.3 is 0 Å². The molecule has 1 N–H and O–H groups in total. The molecule has 1 heterocycles. The number of nitrogens with one attached hydrogen (secondary N) is 1. The average Bonchev–Trinajstić information content (AvgIpc) is 2.57. The van der Waals surface area contributed by atoms with Gasteiger partial charge < -0.3 is 5.32 Å². The summed E-state index contributed by atoms with van der Waals surface area (Å²) in [7, 11) is 0. The highest BCUT2D eigenvalue weighted by molar-refractivity contribution is 5.38. The molecule has 0 radical (unpaired) electrons. The van der Waals surface area contributed by atoms with E-state index >= 15 is 0 Å². The maximum absolute atomic E-state index is 3.66. The Morgan fingerprint density at radius 1 is 1.29 bits per heavy atom. The van der Waals surface area contributed by atoms with E-state index in [-0.39, 0.29) is 0 Å². The molecule has 0 spiro atoms. The maximum atomic E-state index is 3.66. The van der Waals surface area contributed by atoms with Crippen molar-refractivity contribution in [3.63, 3.8) is 0 Å². The van der Waals surface area contributed by atoms with E-state index in [9.17, 15) is 0 Å². The predicted octanol–water partition coefficient (Wildman–Crippen LogP) is 2.32. The molecule has 0 saturated carbocycles. The molecule has 2 aliphatic rings. The van der Waals surface area contributed by atoms with E-state index in [1.54, 1.807) is 11.1 Å². The lowest BCUT2D eigenvalue weighted by molar-refractivity contribution is 0.287. The zero-order valence-corrected chi connectivity index (χ0v) is 8.66. The van der Waals surface area contributed by atoms with Gasteiger partial charge in [-0.25, -0.2) is 0 Å². The Balaban J connectivity index is 2.03. The van der Waals surface area contributed by atoms with Gasteiger partial charge in [0, 0.05) is 12.0 Å². The Morgan fingerprint density at radius 2 is 2.14 bits per heavy atom. The summed E-state index contributed by atoms with van der Waals surface area (Å²) >= 11 is 0. The van der Waals surface area contributed by atoms with Crippen LogP contribution in [0, 0.1) is 5.92 Å². The largest absolute Gasteiger partial charge is 0.313 e. The molecule has 3 rings (SSSR count). The smallest absolute Gasteiger partial charge is 0.0179 e. The van der Waals surface area contributed by atoms with Gasteiger partial charge in [0.15, 0.2) is 0 Å². The zero-order chi connectivity index (χ0) is 9.54. The monoisotopic (exact) mass is 187 g/mol. The fourth-order valence-electron chi connectivity index (χ4n) is 3.20. The Labute approximate surface area is 85.5 Å². The van der Waals surface area contributed by atoms with Crippen molar-refractivity contribution in [1.29, 1.82) is 0 Å². The highest BCUT2D eigenvalue weighted by Gasteiger charge is 2.37. The molecule has 14 heavy (non-hydrogen) atoms. The summed E-state index contributed by atoms with van der Waals surface area (Å²) in [4.78, 5) is 0. The zero-order valence-electron chi connectivity index (χ0n) is 8.66. The van der Waals surface area contributed by atoms with E-state index in [4.69, 9.17) is 0 Å². The number of rotatable bonds is 0. The van der Waals surface area contributed by atoms with Gasteiger partial charge in [0.25, 0.3) is 0 Å². The van der Waals surface area contributed by atoms with Crippen molar-refractivity contribution >= 4 is 0 Å². The standard InChI is InChI=1S/C13H17N/c1-9-6-7-14-12-8-10-4-2-3-5-11(10)13(9)12/h2-5,9,12-14H,6-8H2,1H3/t9-,12?,13?/m0/s1. The number of hydrogen-bond acceptors (Lipinski definition) is 1. The molecule has 1 fully saturated rings. The van der Waals surface area contributed by atoms with Crippen molar-refractivity contribution in [1.82, 2.24) is 5.32 Å². The van der Waals surface area contributed by atoms with Gasteiger partial charge in [-0.2, -0.15) is 0 Å². The minimum Gasteiger partial charge on any atom is -0.313 e. The summed E-state index contributed by atoms with van der Waals surface area (Å²) in [5.41, 5.74) is 3.18. The lowest BCUT2D eigenvalue weighted by Gasteiger charge is -2.33. The van der Waals surface area contributed by atoms with Gasteiger partial charge in [-0.05, 0) is 36.4 Å². The van der Waals surface area contributed by atoms with Gasteiger partial charge in [0.2, 0.25) is 0 Å². The molecular weight excluding hydrogens is 170 g/mol. The van der Waals surface area contributed by atoms with Crippen LogP contribution in [-0.2, 0) is 6.42 Å². The SMILES string of the molecule is C[C@H]1CCNC2Cc3ccccc3C21. The Morgan fingerprint density at radius 3 is 3.07 bits per heavy atom. The first kappa shape index (κ1) is 8.49. The molecule has 1 aromatic carbocycles. The van der Waals surface area contributed by atoms with E-state index in [2.05, 4.69) is 36.5 Å². The molecule has 0 aromatic heterocycles. The molecular formula is C13H17N. The topological polar surface area (TPSA) is 12.0 Å². The minimum absolute atomic E-state index is 0.719. The highest BCUT2D eigenvalue weighted by Crippen LogP contribution is 2.41. The normalized spacial score (nSPS) is 35.1. The van der Waals surface area contributed by atoms with Crippen molar-refractivity contribution in [2.45, 2.75) is 31.7 Å². The molecule has 1 saturated heterocycles. The van der Waals surface area contributed by atoms with Crippen LogP contribution in [0.15, 0.2) is 24.3 Å². The highest BCUT2D eigenvalue weighted by atomic mass is 14.9. The molecule has 1 aliphatic heterocycles. The van der Waals surface area contributed by atoms with Crippen LogP contribution in [0.2, 0.25) is 0 Å². The molecule has 1 aromatic rings. The number of hydrogen-bond donors (Lipinski definition) is 1. The van der Waals surface area contributed by atoms with Gasteiger partial charge in [-0.1, -0.05) is 31.2 Å². The number of fused-ring (bicyclic) bond motifs is 3. The van der Waals surface area contributed by atoms with Crippen LogP contribution in [0.3, 0.4) is 0 Å². The second-order valence-electron chi connectivity index (χ2n) is 4.76. The van der Waals surface area contributed by atoms with Crippen LogP contribution in [-0.4, -0.2) is 12.6 Å². The van der Waals surface area contributed by atoms with Crippen LogP contribution >= 0.6 is 0 Å². The molecule has 2 unspecified atom stereocenters. The van der Waals surface area contributed by atoms with E-state index in [0.29, 0.717) is 0 Å². The Bertz CT molecular complexity index is 345. The maximum Gasteiger partial charge on any atom is 0.0179 e. The van der Waals surface area contributed by atoms with Gasteiger partial charge in [-0.15, -0.1) is 0 Å². The van der Waals surface area contributed by atoms with Crippen molar-refractivity contribution in [2.24, 2.45) is 5.92 Å². The van der Waals surface area contributed by atoms with Crippen LogP contribution in [0.4, 0.5) is 0 Å². The third-order valence-corrected chi connectivity index (χ3v) is 3.91. The first-order chi connectivity index (χ1) is 6.86. The second-order valence-corrected chi connectivity index (χ2v) is 4.76. The fourth-order valence-corrected chi connectivity index (χ4v) is 3.20. The lowest BCUT2D eigenvalue weighted by Crippen LogP contribution is -2.41. The first-order valence-corrected chi connectivity index (χ1v) is 5.67. The molecule has 74 valence electrons. The minimum atomic E-state index is 0.719. The summed E-state index contributed by atoms with van der Waals surface area (Å²) in [6.07, 6.45) is 2.57. The summed E-state index contributed by atoms with van der Waals surface area (Å²) < 4.78 is 0. The third kappa shape index (κ3) is 1.12.